The van der Waals surface area contributed by atoms with Crippen molar-refractivity contribution in [3.63, 3.8) is 0 Å². The van der Waals surface area contributed by atoms with Crippen LogP contribution in [0.25, 0.3) is 0 Å². The molecule has 1 N–H and O–H groups in total. The van der Waals surface area contributed by atoms with Crippen LogP contribution in [0.1, 0.15) is 13.8 Å². The Hall–Kier alpha value is -1.70. The molecule has 2 atom stereocenters. The van der Waals surface area contributed by atoms with Gasteiger partial charge in [0, 0.05) is 0 Å². The highest BCUT2D eigenvalue weighted by molar-refractivity contribution is 6.29. The van der Waals surface area contributed by atoms with Crippen LogP contribution < -0.4 is 5.43 Å². The van der Waals surface area contributed by atoms with E-state index in [0.29, 0.717) is 16.7 Å². The Labute approximate surface area is 120 Å². The minimum atomic E-state index is -0.619. The number of anilines is 1. The van der Waals surface area contributed by atoms with E-state index in [4.69, 9.17) is 25.8 Å². The summed E-state index contributed by atoms with van der Waals surface area (Å²) in [6.07, 6.45) is 2.72. The van der Waals surface area contributed by atoms with Gasteiger partial charge in [-0.1, -0.05) is 11.6 Å². The molecular weight excluding hydrogens is 284 g/mol. The first-order chi connectivity index (χ1) is 9.52. The minimum Gasteiger partial charge on any atom is -0.460 e. The smallest absolute Gasteiger partial charge is 0.232 e. The molecule has 0 aliphatic carbocycles. The molecule has 2 aliphatic heterocycles. The Bertz CT molecular complexity index is 558. The van der Waals surface area contributed by atoms with Crippen molar-refractivity contribution in [2.24, 2.45) is 5.10 Å². The minimum absolute atomic E-state index is 0.207. The van der Waals surface area contributed by atoms with Crippen LogP contribution in [0.2, 0.25) is 5.15 Å². The van der Waals surface area contributed by atoms with Gasteiger partial charge in [0.25, 0.3) is 0 Å². The third-order valence-corrected chi connectivity index (χ3v) is 2.87. The van der Waals surface area contributed by atoms with E-state index in [1.807, 2.05) is 19.9 Å². The van der Waals surface area contributed by atoms with Crippen molar-refractivity contribution < 1.29 is 14.2 Å². The fourth-order valence-electron chi connectivity index (χ4n) is 1.91. The van der Waals surface area contributed by atoms with Crippen LogP contribution in [0.4, 0.5) is 5.82 Å². The molecule has 0 aromatic carbocycles. The second-order valence-electron chi connectivity index (χ2n) is 4.77. The maximum absolute atomic E-state index is 5.64. The van der Waals surface area contributed by atoms with Crippen LogP contribution in [-0.4, -0.2) is 34.6 Å². The highest BCUT2D eigenvalue weighted by Gasteiger charge is 2.45. The van der Waals surface area contributed by atoms with Crippen molar-refractivity contribution in [1.29, 1.82) is 0 Å². The first-order valence-electron chi connectivity index (χ1n) is 6.04. The topological polar surface area (TPSA) is 77.9 Å². The number of nitrogens with one attached hydrogen (secondary N) is 1. The summed E-state index contributed by atoms with van der Waals surface area (Å²) in [6.45, 7) is 3.69. The molecule has 0 bridgehead atoms. The third kappa shape index (κ3) is 2.90. The van der Waals surface area contributed by atoms with E-state index in [0.717, 1.165) is 0 Å². The Balaban J connectivity index is 1.57. The summed E-state index contributed by atoms with van der Waals surface area (Å²) >= 11 is 5.63. The van der Waals surface area contributed by atoms with E-state index in [1.165, 1.54) is 6.21 Å². The summed E-state index contributed by atoms with van der Waals surface area (Å²) in [5.41, 5.74) is 2.72. The van der Waals surface area contributed by atoms with Gasteiger partial charge in [0.05, 0.1) is 6.21 Å². The summed E-state index contributed by atoms with van der Waals surface area (Å²) < 4.78 is 16.7. The van der Waals surface area contributed by atoms with Crippen LogP contribution in [-0.2, 0) is 14.2 Å². The maximum Gasteiger partial charge on any atom is 0.232 e. The molecule has 106 valence electrons. The van der Waals surface area contributed by atoms with E-state index in [9.17, 15) is 0 Å². The number of hydrazone groups is 1. The van der Waals surface area contributed by atoms with E-state index in [-0.39, 0.29) is 6.10 Å². The van der Waals surface area contributed by atoms with Crippen LogP contribution in [0, 0.1) is 0 Å². The lowest BCUT2D eigenvalue weighted by Crippen LogP contribution is -2.22. The summed E-state index contributed by atoms with van der Waals surface area (Å²) in [5, 5.41) is 11.8. The van der Waals surface area contributed by atoms with Gasteiger partial charge in [0.2, 0.25) is 6.29 Å². The Morgan fingerprint density at radius 3 is 2.90 bits per heavy atom. The number of hydrogen-bond acceptors (Lipinski definition) is 7. The molecule has 0 spiro atoms. The third-order valence-electron chi connectivity index (χ3n) is 2.67. The van der Waals surface area contributed by atoms with Crippen LogP contribution in [0.3, 0.4) is 0 Å². The van der Waals surface area contributed by atoms with Crippen molar-refractivity contribution in [3.8, 4) is 0 Å². The molecule has 0 unspecified atom stereocenters. The summed E-state index contributed by atoms with van der Waals surface area (Å²) in [7, 11) is 0. The lowest BCUT2D eigenvalue weighted by atomic mass is 10.3. The molecule has 0 radical (unpaired) electrons. The molecule has 3 rings (SSSR count). The SMILES string of the molecule is CC1(C)O[C@H]2OC(/C=N/Nc3ccc(Cl)nn3)=C[C@H]2O1. The molecular formula is C12H13ClN4O3. The zero-order valence-corrected chi connectivity index (χ0v) is 11.7. The van der Waals surface area contributed by atoms with Crippen LogP contribution >= 0.6 is 11.6 Å². The van der Waals surface area contributed by atoms with Crippen molar-refractivity contribution in [2.75, 3.05) is 5.43 Å². The lowest BCUT2D eigenvalue weighted by molar-refractivity contribution is -0.179. The molecule has 3 heterocycles. The van der Waals surface area contributed by atoms with Crippen LogP contribution in [0.5, 0.6) is 0 Å². The van der Waals surface area contributed by atoms with E-state index >= 15 is 0 Å². The van der Waals surface area contributed by atoms with Gasteiger partial charge >= 0.3 is 0 Å². The number of ether oxygens (including phenoxy) is 3. The molecule has 7 nitrogen and oxygen atoms in total. The largest absolute Gasteiger partial charge is 0.460 e. The second kappa shape index (κ2) is 5.01. The molecule has 0 amide bonds. The molecule has 0 saturated carbocycles. The van der Waals surface area contributed by atoms with E-state index < -0.39 is 12.1 Å². The quantitative estimate of drug-likeness (QED) is 0.678. The standard InChI is InChI=1S/C12H13ClN4O3/c1-12(2)19-8-5-7(18-11(8)20-12)6-14-16-10-4-3-9(13)15-17-10/h3-6,8,11H,1-2H3,(H,16,17)/b14-6+/t8-,11-/m1/s1. The fraction of sp³-hybridized carbons (Fsp3) is 0.417. The van der Waals surface area contributed by atoms with Gasteiger partial charge in [0.15, 0.2) is 16.8 Å². The second-order valence-corrected chi connectivity index (χ2v) is 5.15. The predicted molar refractivity (Wildman–Crippen MR) is 72.1 cm³/mol. The van der Waals surface area contributed by atoms with Gasteiger partial charge < -0.3 is 14.2 Å². The van der Waals surface area contributed by atoms with Gasteiger partial charge in [-0.05, 0) is 32.1 Å². The van der Waals surface area contributed by atoms with Gasteiger partial charge in [-0.2, -0.15) is 5.10 Å². The highest BCUT2D eigenvalue weighted by Crippen LogP contribution is 2.34. The van der Waals surface area contributed by atoms with Crippen molar-refractivity contribution in [2.45, 2.75) is 32.0 Å². The first kappa shape index (κ1) is 13.3. The fourth-order valence-corrected chi connectivity index (χ4v) is 2.01. The highest BCUT2D eigenvalue weighted by atomic mass is 35.5. The number of rotatable bonds is 3. The van der Waals surface area contributed by atoms with Gasteiger partial charge in [-0.25, -0.2) is 0 Å². The molecule has 20 heavy (non-hydrogen) atoms. The van der Waals surface area contributed by atoms with E-state index in [2.05, 4.69) is 20.7 Å². The van der Waals surface area contributed by atoms with Crippen molar-refractivity contribution in [1.82, 2.24) is 10.2 Å². The van der Waals surface area contributed by atoms with E-state index in [1.54, 1.807) is 12.1 Å². The molecule has 1 aromatic rings. The lowest BCUT2D eigenvalue weighted by Gasteiger charge is -2.17. The van der Waals surface area contributed by atoms with Crippen molar-refractivity contribution >= 4 is 23.6 Å². The number of allylic oxidation sites excluding steroid dienone is 1. The number of nitrogens with zero attached hydrogens (tertiary/aromatic N) is 3. The summed E-state index contributed by atoms with van der Waals surface area (Å²) in [6, 6.07) is 3.28. The first-order valence-corrected chi connectivity index (χ1v) is 6.42. The van der Waals surface area contributed by atoms with Gasteiger partial charge in [-0.15, -0.1) is 10.2 Å². The number of aromatic nitrogens is 2. The average molecular weight is 297 g/mol. The zero-order valence-electron chi connectivity index (χ0n) is 10.9. The van der Waals surface area contributed by atoms with Gasteiger partial charge in [0.1, 0.15) is 11.9 Å². The van der Waals surface area contributed by atoms with Gasteiger partial charge in [-0.3, -0.25) is 5.43 Å². The molecule has 1 saturated heterocycles. The average Bonchev–Trinajstić information content (AvgIpc) is 2.84. The Kier molecular flexibility index (Phi) is 3.33. The maximum atomic E-state index is 5.64. The number of fused-ring (bicyclic) bond motifs is 1. The summed E-state index contributed by atoms with van der Waals surface area (Å²) in [5.74, 6) is 0.439. The number of hydrogen-bond donors (Lipinski definition) is 1. The normalized spacial score (nSPS) is 27.2. The van der Waals surface area contributed by atoms with Crippen LogP contribution in [0.15, 0.2) is 29.1 Å². The molecule has 8 heteroatoms. The Morgan fingerprint density at radius 1 is 1.35 bits per heavy atom. The molecule has 2 aliphatic rings. The predicted octanol–water partition coefficient (Wildman–Crippen LogP) is 1.92. The zero-order chi connectivity index (χ0) is 14.2. The monoisotopic (exact) mass is 296 g/mol. The number of halogens is 1. The van der Waals surface area contributed by atoms with Crippen molar-refractivity contribution in [3.05, 3.63) is 29.1 Å². The summed E-state index contributed by atoms with van der Waals surface area (Å²) in [4.78, 5) is 0. The Morgan fingerprint density at radius 2 is 2.20 bits per heavy atom. The molecule has 1 fully saturated rings. The molecule has 1 aromatic heterocycles.